The van der Waals surface area contributed by atoms with Crippen molar-refractivity contribution in [3.8, 4) is 11.5 Å². The molecule has 0 aliphatic rings. The Morgan fingerprint density at radius 3 is 2.52 bits per heavy atom. The highest BCUT2D eigenvalue weighted by Gasteiger charge is 2.06. The van der Waals surface area contributed by atoms with Gasteiger partial charge in [0.2, 0.25) is 0 Å². The van der Waals surface area contributed by atoms with Crippen molar-refractivity contribution in [1.82, 2.24) is 5.32 Å². The first-order valence-electron chi connectivity index (χ1n) is 7.59. The molecule has 0 aromatic heterocycles. The zero-order chi connectivity index (χ0) is 16.5. The lowest BCUT2D eigenvalue weighted by molar-refractivity contribution is 0.0919. The summed E-state index contributed by atoms with van der Waals surface area (Å²) in [7, 11) is 0. The molecule has 0 spiro atoms. The molecule has 0 unspecified atom stereocenters. The van der Waals surface area contributed by atoms with E-state index in [2.05, 4.69) is 12.2 Å². The monoisotopic (exact) mass is 333 g/mol. The maximum absolute atomic E-state index is 12.0. The van der Waals surface area contributed by atoms with E-state index in [-0.39, 0.29) is 12.6 Å². The van der Waals surface area contributed by atoms with Gasteiger partial charge in [-0.1, -0.05) is 37.1 Å². The number of rotatable bonds is 8. The van der Waals surface area contributed by atoms with Crippen LogP contribution < -0.4 is 14.8 Å². The zero-order valence-corrected chi connectivity index (χ0v) is 13.8. The van der Waals surface area contributed by atoms with Crippen molar-refractivity contribution in [3.05, 3.63) is 59.1 Å². The third-order valence-electron chi connectivity index (χ3n) is 3.18. The highest BCUT2D eigenvalue weighted by molar-refractivity contribution is 6.32. The van der Waals surface area contributed by atoms with Gasteiger partial charge in [-0.25, -0.2) is 0 Å². The van der Waals surface area contributed by atoms with Gasteiger partial charge in [-0.05, 0) is 42.8 Å². The number of benzene rings is 2. The molecule has 0 saturated heterocycles. The first-order valence-corrected chi connectivity index (χ1v) is 7.97. The smallest absolute Gasteiger partial charge is 0.253 e. The molecule has 2 aromatic carbocycles. The van der Waals surface area contributed by atoms with Crippen LogP contribution in [0.1, 0.15) is 30.1 Å². The summed E-state index contributed by atoms with van der Waals surface area (Å²) in [5.41, 5.74) is 0.551. The van der Waals surface area contributed by atoms with Gasteiger partial charge < -0.3 is 14.8 Å². The van der Waals surface area contributed by atoms with Crippen molar-refractivity contribution >= 4 is 17.5 Å². The number of unbranched alkanes of at least 4 members (excludes halogenated alkanes) is 1. The van der Waals surface area contributed by atoms with Gasteiger partial charge in [-0.3, -0.25) is 4.79 Å². The molecule has 4 nitrogen and oxygen atoms in total. The summed E-state index contributed by atoms with van der Waals surface area (Å²) < 4.78 is 11.0. The standard InChI is InChI=1S/C18H20ClNO3/c1-2-3-12-22-15-10-8-14(9-11-15)18(21)20-13-23-17-7-5-4-6-16(17)19/h4-11H,2-3,12-13H2,1H3,(H,20,21). The summed E-state index contributed by atoms with van der Waals surface area (Å²) in [4.78, 5) is 12.0. The Kier molecular flexibility index (Phi) is 6.76. The molecule has 2 aromatic rings. The Balaban J connectivity index is 1.80. The molecule has 122 valence electrons. The number of carbonyl (C=O) groups is 1. The van der Waals surface area contributed by atoms with Crippen LogP contribution in [0.3, 0.4) is 0 Å². The fraction of sp³-hybridized carbons (Fsp3) is 0.278. The summed E-state index contributed by atoms with van der Waals surface area (Å²) in [6, 6.07) is 14.2. The predicted molar refractivity (Wildman–Crippen MR) is 91.3 cm³/mol. The SMILES string of the molecule is CCCCOc1ccc(C(=O)NCOc2ccccc2Cl)cc1. The van der Waals surface area contributed by atoms with Gasteiger partial charge in [0.1, 0.15) is 11.5 Å². The van der Waals surface area contributed by atoms with Crippen LogP contribution in [0.15, 0.2) is 48.5 Å². The quantitative estimate of drug-likeness (QED) is 0.579. The molecule has 0 aliphatic carbocycles. The van der Waals surface area contributed by atoms with E-state index in [9.17, 15) is 4.79 Å². The Hall–Kier alpha value is -2.20. The first-order chi connectivity index (χ1) is 11.2. The minimum absolute atomic E-state index is 0.0529. The van der Waals surface area contributed by atoms with E-state index >= 15 is 0 Å². The molecule has 1 amide bonds. The van der Waals surface area contributed by atoms with Gasteiger partial charge in [0, 0.05) is 5.56 Å². The molecule has 0 atom stereocenters. The van der Waals surface area contributed by atoms with Gasteiger partial charge in [0.25, 0.3) is 5.91 Å². The van der Waals surface area contributed by atoms with Crippen LogP contribution >= 0.6 is 11.6 Å². The van der Waals surface area contributed by atoms with Gasteiger partial charge in [-0.2, -0.15) is 0 Å². The van der Waals surface area contributed by atoms with Crippen molar-refractivity contribution in [1.29, 1.82) is 0 Å². The van der Waals surface area contributed by atoms with E-state index < -0.39 is 0 Å². The normalized spacial score (nSPS) is 10.2. The molecule has 2 rings (SSSR count). The van der Waals surface area contributed by atoms with Gasteiger partial charge in [0.05, 0.1) is 11.6 Å². The van der Waals surface area contributed by atoms with Gasteiger partial charge in [-0.15, -0.1) is 0 Å². The molecular weight excluding hydrogens is 314 g/mol. The number of para-hydroxylation sites is 1. The average molecular weight is 334 g/mol. The average Bonchev–Trinajstić information content (AvgIpc) is 2.57. The maximum atomic E-state index is 12.0. The lowest BCUT2D eigenvalue weighted by Crippen LogP contribution is -2.27. The number of amides is 1. The molecule has 0 fully saturated rings. The number of carbonyl (C=O) groups excluding carboxylic acids is 1. The molecule has 0 bridgehead atoms. The molecular formula is C18H20ClNO3. The summed E-state index contributed by atoms with van der Waals surface area (Å²) in [5, 5.41) is 3.20. The van der Waals surface area contributed by atoms with E-state index in [0.717, 1.165) is 18.6 Å². The second kappa shape index (κ2) is 9.06. The van der Waals surface area contributed by atoms with Crippen molar-refractivity contribution in [2.75, 3.05) is 13.3 Å². The number of ether oxygens (including phenoxy) is 2. The topological polar surface area (TPSA) is 47.6 Å². The Morgan fingerprint density at radius 2 is 1.83 bits per heavy atom. The number of hydrogen-bond acceptors (Lipinski definition) is 3. The van der Waals surface area contributed by atoms with E-state index in [4.69, 9.17) is 21.1 Å². The molecule has 0 heterocycles. The zero-order valence-electron chi connectivity index (χ0n) is 13.0. The van der Waals surface area contributed by atoms with Gasteiger partial charge >= 0.3 is 0 Å². The Morgan fingerprint density at radius 1 is 1.09 bits per heavy atom. The van der Waals surface area contributed by atoms with Crippen LogP contribution in [0.25, 0.3) is 0 Å². The maximum Gasteiger partial charge on any atom is 0.253 e. The van der Waals surface area contributed by atoms with E-state index in [0.29, 0.717) is 22.9 Å². The minimum Gasteiger partial charge on any atom is -0.494 e. The summed E-state index contributed by atoms with van der Waals surface area (Å²) in [6.07, 6.45) is 2.10. The number of halogens is 1. The van der Waals surface area contributed by atoms with Crippen molar-refractivity contribution < 1.29 is 14.3 Å². The van der Waals surface area contributed by atoms with Crippen molar-refractivity contribution in [3.63, 3.8) is 0 Å². The summed E-state index contributed by atoms with van der Waals surface area (Å²) in [5.74, 6) is 1.09. The summed E-state index contributed by atoms with van der Waals surface area (Å²) >= 11 is 5.97. The first kappa shape index (κ1) is 17.2. The van der Waals surface area contributed by atoms with Crippen LogP contribution in [0.4, 0.5) is 0 Å². The molecule has 0 saturated carbocycles. The lowest BCUT2D eigenvalue weighted by Gasteiger charge is -2.10. The van der Waals surface area contributed by atoms with E-state index in [1.807, 2.05) is 12.1 Å². The van der Waals surface area contributed by atoms with Crippen LogP contribution in [-0.2, 0) is 0 Å². The van der Waals surface area contributed by atoms with Crippen LogP contribution in [0, 0.1) is 0 Å². The van der Waals surface area contributed by atoms with Crippen LogP contribution in [-0.4, -0.2) is 19.2 Å². The minimum atomic E-state index is -0.211. The van der Waals surface area contributed by atoms with Gasteiger partial charge in [0.15, 0.2) is 6.73 Å². The Labute approximate surface area is 141 Å². The third-order valence-corrected chi connectivity index (χ3v) is 3.49. The lowest BCUT2D eigenvalue weighted by atomic mass is 10.2. The number of nitrogens with one attached hydrogen (secondary N) is 1. The van der Waals surface area contributed by atoms with Crippen LogP contribution in [0.5, 0.6) is 11.5 Å². The Bertz CT molecular complexity index is 628. The summed E-state index contributed by atoms with van der Waals surface area (Å²) in [6.45, 7) is 2.85. The second-order valence-corrected chi connectivity index (χ2v) is 5.36. The number of hydrogen-bond donors (Lipinski definition) is 1. The fourth-order valence-corrected chi connectivity index (χ4v) is 2.07. The second-order valence-electron chi connectivity index (χ2n) is 4.95. The fourth-order valence-electron chi connectivity index (χ4n) is 1.88. The molecule has 5 heteroatoms. The molecule has 1 N–H and O–H groups in total. The highest BCUT2D eigenvalue weighted by atomic mass is 35.5. The predicted octanol–water partition coefficient (Wildman–Crippen LogP) is 4.29. The molecule has 0 radical (unpaired) electrons. The van der Waals surface area contributed by atoms with E-state index in [1.165, 1.54) is 0 Å². The van der Waals surface area contributed by atoms with Crippen molar-refractivity contribution in [2.24, 2.45) is 0 Å². The van der Waals surface area contributed by atoms with Crippen molar-refractivity contribution in [2.45, 2.75) is 19.8 Å². The molecule has 0 aliphatic heterocycles. The third kappa shape index (κ3) is 5.49. The van der Waals surface area contributed by atoms with Crippen LogP contribution in [0.2, 0.25) is 5.02 Å². The highest BCUT2D eigenvalue weighted by Crippen LogP contribution is 2.22. The molecule has 23 heavy (non-hydrogen) atoms. The largest absolute Gasteiger partial charge is 0.494 e. The van der Waals surface area contributed by atoms with E-state index in [1.54, 1.807) is 36.4 Å².